The van der Waals surface area contributed by atoms with Gasteiger partial charge in [-0.05, 0) is 59.7 Å². The molecule has 0 radical (unpaired) electrons. The Hall–Kier alpha value is -2.47. The lowest BCUT2D eigenvalue weighted by Gasteiger charge is -2.12. The van der Waals surface area contributed by atoms with Crippen LogP contribution in [0.15, 0.2) is 48.8 Å². The molecule has 2 heterocycles. The SMILES string of the molecule is CCCc1cc(F)ccc1-c1cc(Nc2cc(CSC)ccn2)ncc1F. The standard InChI is InChI=1S/C21H21F2N3S/c1-3-4-15-10-16(22)5-6-17(15)18-11-21(25-12-19(18)23)26-20-9-14(13-27-2)7-8-24-20/h5-12H,3-4,13H2,1-2H3,(H,24,25,26). The van der Waals surface area contributed by atoms with Gasteiger partial charge in [-0.25, -0.2) is 18.7 Å². The molecule has 0 saturated heterocycles. The Morgan fingerprint density at radius 1 is 1.00 bits per heavy atom. The Kier molecular flexibility index (Phi) is 6.40. The van der Waals surface area contributed by atoms with Gasteiger partial charge in [0, 0.05) is 17.5 Å². The number of anilines is 2. The minimum atomic E-state index is -0.436. The minimum absolute atomic E-state index is 0.315. The number of aromatic nitrogens is 2. The van der Waals surface area contributed by atoms with E-state index in [0.717, 1.165) is 23.3 Å². The summed E-state index contributed by atoms with van der Waals surface area (Å²) in [4.78, 5) is 8.42. The van der Waals surface area contributed by atoms with E-state index in [1.165, 1.54) is 18.3 Å². The van der Waals surface area contributed by atoms with Crippen molar-refractivity contribution in [2.24, 2.45) is 0 Å². The lowest BCUT2D eigenvalue weighted by Crippen LogP contribution is -2.00. The molecule has 27 heavy (non-hydrogen) atoms. The van der Waals surface area contributed by atoms with Gasteiger partial charge in [0.05, 0.1) is 6.20 Å². The van der Waals surface area contributed by atoms with Gasteiger partial charge in [0.25, 0.3) is 0 Å². The van der Waals surface area contributed by atoms with Crippen LogP contribution in [-0.4, -0.2) is 16.2 Å². The zero-order valence-corrected chi connectivity index (χ0v) is 16.1. The number of pyridine rings is 2. The fraction of sp³-hybridized carbons (Fsp3) is 0.238. The van der Waals surface area contributed by atoms with Crippen LogP contribution in [-0.2, 0) is 12.2 Å². The van der Waals surface area contributed by atoms with Crippen LogP contribution in [0.5, 0.6) is 0 Å². The van der Waals surface area contributed by atoms with Crippen molar-refractivity contribution in [3.8, 4) is 11.1 Å². The summed E-state index contributed by atoms with van der Waals surface area (Å²) in [6.45, 7) is 2.01. The topological polar surface area (TPSA) is 37.8 Å². The van der Waals surface area contributed by atoms with Gasteiger partial charge in [-0.15, -0.1) is 0 Å². The Labute approximate surface area is 162 Å². The number of rotatable bonds is 7. The maximum absolute atomic E-state index is 14.5. The molecule has 0 atom stereocenters. The molecule has 3 nitrogen and oxygen atoms in total. The molecule has 0 saturated carbocycles. The number of thioether (sulfide) groups is 1. The minimum Gasteiger partial charge on any atom is -0.325 e. The molecular formula is C21H21F2N3S. The molecule has 1 aromatic carbocycles. The van der Waals surface area contributed by atoms with Crippen molar-refractivity contribution in [2.45, 2.75) is 25.5 Å². The molecule has 140 valence electrons. The van der Waals surface area contributed by atoms with Crippen LogP contribution < -0.4 is 5.32 Å². The lowest BCUT2D eigenvalue weighted by molar-refractivity contribution is 0.620. The maximum atomic E-state index is 14.5. The number of hydrogen-bond acceptors (Lipinski definition) is 4. The van der Waals surface area contributed by atoms with Gasteiger partial charge >= 0.3 is 0 Å². The third-order valence-electron chi connectivity index (χ3n) is 4.12. The highest BCUT2D eigenvalue weighted by molar-refractivity contribution is 7.97. The number of aryl methyl sites for hydroxylation is 1. The van der Waals surface area contributed by atoms with Crippen molar-refractivity contribution in [2.75, 3.05) is 11.6 Å². The highest BCUT2D eigenvalue weighted by atomic mass is 32.2. The van der Waals surface area contributed by atoms with Crippen LogP contribution in [0.3, 0.4) is 0 Å². The van der Waals surface area contributed by atoms with Gasteiger partial charge in [0.2, 0.25) is 0 Å². The maximum Gasteiger partial charge on any atom is 0.149 e. The first-order chi connectivity index (χ1) is 13.1. The van der Waals surface area contributed by atoms with E-state index in [9.17, 15) is 8.78 Å². The number of benzene rings is 1. The molecule has 0 fully saturated rings. The van der Waals surface area contributed by atoms with E-state index < -0.39 is 5.82 Å². The molecule has 6 heteroatoms. The molecule has 3 rings (SSSR count). The van der Waals surface area contributed by atoms with Gasteiger partial charge in [-0.2, -0.15) is 11.8 Å². The number of nitrogens with zero attached hydrogens (tertiary/aromatic N) is 2. The summed E-state index contributed by atoms with van der Waals surface area (Å²) >= 11 is 1.73. The first-order valence-corrected chi connectivity index (χ1v) is 10.1. The molecule has 3 aromatic rings. The smallest absolute Gasteiger partial charge is 0.149 e. The molecule has 0 aliphatic heterocycles. The first kappa shape index (κ1) is 19.3. The zero-order chi connectivity index (χ0) is 19.2. The van der Waals surface area contributed by atoms with Crippen LogP contribution >= 0.6 is 11.8 Å². The quantitative estimate of drug-likeness (QED) is 0.543. The van der Waals surface area contributed by atoms with Crippen molar-refractivity contribution in [1.29, 1.82) is 0 Å². The summed E-state index contributed by atoms with van der Waals surface area (Å²) in [5.41, 5.74) is 3.02. The molecule has 2 aromatic heterocycles. The van der Waals surface area contributed by atoms with Gasteiger partial charge in [-0.3, -0.25) is 0 Å². The Bertz CT molecular complexity index is 931. The molecule has 1 N–H and O–H groups in total. The summed E-state index contributed by atoms with van der Waals surface area (Å²) in [7, 11) is 0. The van der Waals surface area contributed by atoms with Crippen molar-refractivity contribution < 1.29 is 8.78 Å². The van der Waals surface area contributed by atoms with Gasteiger partial charge < -0.3 is 5.32 Å². The predicted octanol–water partition coefficient (Wildman–Crippen LogP) is 5.98. The Balaban J connectivity index is 1.95. The first-order valence-electron chi connectivity index (χ1n) is 8.76. The van der Waals surface area contributed by atoms with Crippen LogP contribution in [0.25, 0.3) is 11.1 Å². The summed E-state index contributed by atoms with van der Waals surface area (Å²) in [6.07, 6.45) is 6.48. The lowest BCUT2D eigenvalue weighted by atomic mass is 9.97. The van der Waals surface area contributed by atoms with E-state index in [0.29, 0.717) is 29.2 Å². The Morgan fingerprint density at radius 2 is 1.81 bits per heavy atom. The second-order valence-corrected chi connectivity index (χ2v) is 7.07. The van der Waals surface area contributed by atoms with Crippen molar-refractivity contribution in [1.82, 2.24) is 9.97 Å². The van der Waals surface area contributed by atoms with Gasteiger partial charge in [0.15, 0.2) is 0 Å². The molecule has 0 unspecified atom stereocenters. The van der Waals surface area contributed by atoms with E-state index in [2.05, 4.69) is 15.3 Å². The molecule has 0 aliphatic rings. The van der Waals surface area contributed by atoms with Gasteiger partial charge in [-0.1, -0.05) is 19.4 Å². The van der Waals surface area contributed by atoms with Crippen LogP contribution in [0.1, 0.15) is 24.5 Å². The predicted molar refractivity (Wildman–Crippen MR) is 108 cm³/mol. The summed E-state index contributed by atoms with van der Waals surface area (Å²) < 4.78 is 28.1. The third kappa shape index (κ3) is 4.83. The highest BCUT2D eigenvalue weighted by Gasteiger charge is 2.13. The van der Waals surface area contributed by atoms with Crippen LogP contribution in [0, 0.1) is 11.6 Å². The highest BCUT2D eigenvalue weighted by Crippen LogP contribution is 2.30. The van der Waals surface area contributed by atoms with Crippen molar-refractivity contribution in [3.63, 3.8) is 0 Å². The summed E-state index contributed by atoms with van der Waals surface area (Å²) in [6, 6.07) is 10.0. The third-order valence-corrected chi connectivity index (χ3v) is 4.75. The van der Waals surface area contributed by atoms with E-state index >= 15 is 0 Å². The Morgan fingerprint density at radius 3 is 2.59 bits per heavy atom. The second kappa shape index (κ2) is 8.95. The molecular weight excluding hydrogens is 364 g/mol. The van der Waals surface area contributed by atoms with Crippen LogP contribution in [0.2, 0.25) is 0 Å². The van der Waals surface area contributed by atoms with Crippen molar-refractivity contribution in [3.05, 3.63) is 71.6 Å². The average molecular weight is 385 g/mol. The van der Waals surface area contributed by atoms with Gasteiger partial charge in [0.1, 0.15) is 23.3 Å². The number of nitrogens with one attached hydrogen (secondary N) is 1. The summed E-state index contributed by atoms with van der Waals surface area (Å²) in [5, 5.41) is 3.13. The fourth-order valence-corrected chi connectivity index (χ4v) is 3.46. The largest absolute Gasteiger partial charge is 0.325 e. The normalized spacial score (nSPS) is 10.8. The van der Waals surface area contributed by atoms with E-state index in [1.54, 1.807) is 30.1 Å². The average Bonchev–Trinajstić information content (AvgIpc) is 2.65. The molecule has 0 aliphatic carbocycles. The monoisotopic (exact) mass is 385 g/mol. The van der Waals surface area contributed by atoms with Crippen LogP contribution in [0.4, 0.5) is 20.4 Å². The zero-order valence-electron chi connectivity index (χ0n) is 15.3. The second-order valence-electron chi connectivity index (χ2n) is 6.21. The number of halogens is 2. The van der Waals surface area contributed by atoms with E-state index in [1.807, 2.05) is 25.3 Å². The molecule has 0 spiro atoms. The molecule has 0 amide bonds. The van der Waals surface area contributed by atoms with E-state index in [4.69, 9.17) is 0 Å². The summed E-state index contributed by atoms with van der Waals surface area (Å²) in [5.74, 6) is 1.28. The molecule has 0 bridgehead atoms. The fourth-order valence-electron chi connectivity index (χ4n) is 2.94. The number of hydrogen-bond donors (Lipinski definition) is 1. The van der Waals surface area contributed by atoms with E-state index in [-0.39, 0.29) is 5.82 Å². The van der Waals surface area contributed by atoms with Crippen molar-refractivity contribution >= 4 is 23.4 Å².